The predicted octanol–water partition coefficient (Wildman–Crippen LogP) is 6.25. The minimum atomic E-state index is -0.325. The number of carbonyl (C=O) groups excluding carboxylic acids is 1. The van der Waals surface area contributed by atoms with Gasteiger partial charge < -0.3 is 4.90 Å². The molecule has 1 aromatic heterocycles. The zero-order chi connectivity index (χ0) is 27.4. The molecule has 2 heterocycles. The van der Waals surface area contributed by atoms with Crippen molar-refractivity contribution >= 4 is 5.91 Å². The molecule has 0 saturated heterocycles. The first-order valence-electron chi connectivity index (χ1n) is 13.6. The fourth-order valence-electron chi connectivity index (χ4n) is 5.48. The number of likely N-dealkylation sites (N-methyl/N-ethyl adjacent to an activating group) is 1. The van der Waals surface area contributed by atoms with Gasteiger partial charge in [-0.15, -0.1) is 0 Å². The molecule has 1 aliphatic heterocycles. The number of benzene rings is 3. The Bertz CT molecular complexity index is 1440. The van der Waals surface area contributed by atoms with E-state index in [1.165, 1.54) is 18.2 Å². The number of rotatable bonds is 9. The van der Waals surface area contributed by atoms with E-state index >= 15 is 0 Å². The van der Waals surface area contributed by atoms with Crippen molar-refractivity contribution in [3.05, 3.63) is 119 Å². The molecule has 4 aromatic rings. The lowest BCUT2D eigenvalue weighted by atomic mass is 9.94. The largest absolute Gasteiger partial charge is 0.336 e. The Morgan fingerprint density at radius 2 is 1.77 bits per heavy atom. The second-order valence-electron chi connectivity index (χ2n) is 10.0. The third-order valence-electron chi connectivity index (χ3n) is 7.57. The number of hydrogen-bond acceptors (Lipinski definition) is 3. The van der Waals surface area contributed by atoms with Gasteiger partial charge in [0.1, 0.15) is 11.6 Å². The number of aromatic nitrogens is 2. The van der Waals surface area contributed by atoms with E-state index in [0.717, 1.165) is 29.1 Å². The summed E-state index contributed by atoms with van der Waals surface area (Å²) in [5.74, 6) is -0.702. The molecular formula is C32H34F2N4O. The van der Waals surface area contributed by atoms with Crippen molar-refractivity contribution < 1.29 is 13.6 Å². The summed E-state index contributed by atoms with van der Waals surface area (Å²) in [6.07, 6.45) is 1.39. The van der Waals surface area contributed by atoms with Gasteiger partial charge in [-0.05, 0) is 43.2 Å². The van der Waals surface area contributed by atoms with Crippen LogP contribution >= 0.6 is 0 Å². The first kappa shape index (κ1) is 26.8. The highest BCUT2D eigenvalue weighted by molar-refractivity contribution is 5.83. The van der Waals surface area contributed by atoms with Crippen LogP contribution in [0, 0.1) is 11.6 Å². The van der Waals surface area contributed by atoms with Gasteiger partial charge in [-0.2, -0.15) is 5.10 Å². The standard InChI is InChI=1S/C32H34F2N4O/c1-3-27(23-11-6-5-7-12-23)32(39)37(4-2)22-30-28-21-36(20-24-13-8-9-16-29(24)34)18-17-31(28)38(35-30)26-15-10-14-25(33)19-26/h5-16,19,27H,3-4,17-18,20-22H2,1-2H3. The zero-order valence-corrected chi connectivity index (χ0v) is 22.5. The van der Waals surface area contributed by atoms with Gasteiger partial charge in [0.05, 0.1) is 29.5 Å². The molecule has 0 N–H and O–H groups in total. The molecule has 1 aliphatic rings. The van der Waals surface area contributed by atoms with E-state index < -0.39 is 0 Å². The third kappa shape index (κ3) is 5.78. The lowest BCUT2D eigenvalue weighted by Gasteiger charge is -2.29. The summed E-state index contributed by atoms with van der Waals surface area (Å²) in [6.45, 7) is 6.71. The molecule has 0 bridgehead atoms. The Morgan fingerprint density at radius 3 is 2.49 bits per heavy atom. The summed E-state index contributed by atoms with van der Waals surface area (Å²) in [5, 5.41) is 4.95. The van der Waals surface area contributed by atoms with E-state index in [1.807, 2.05) is 72.0 Å². The molecule has 0 aliphatic carbocycles. The number of fused-ring (bicyclic) bond motifs is 1. The van der Waals surface area contributed by atoms with E-state index in [9.17, 15) is 13.6 Å². The molecule has 39 heavy (non-hydrogen) atoms. The van der Waals surface area contributed by atoms with Crippen molar-refractivity contribution in [1.29, 1.82) is 0 Å². The van der Waals surface area contributed by atoms with Crippen LogP contribution in [-0.4, -0.2) is 38.6 Å². The minimum absolute atomic E-state index is 0.0688. The SMILES string of the molecule is CCC(C(=O)N(CC)Cc1nn(-c2cccc(F)c2)c2c1CN(Cc1ccccc1F)CC2)c1ccccc1. The van der Waals surface area contributed by atoms with Crippen molar-refractivity contribution in [2.75, 3.05) is 13.1 Å². The molecule has 0 saturated carbocycles. The van der Waals surface area contributed by atoms with Gasteiger partial charge in [0, 0.05) is 43.7 Å². The number of hydrogen-bond donors (Lipinski definition) is 0. The van der Waals surface area contributed by atoms with Crippen molar-refractivity contribution in [2.45, 2.75) is 52.2 Å². The first-order valence-corrected chi connectivity index (χ1v) is 13.6. The van der Waals surface area contributed by atoms with Crippen molar-refractivity contribution in [3.8, 4) is 5.69 Å². The second-order valence-corrected chi connectivity index (χ2v) is 10.0. The van der Waals surface area contributed by atoms with Crippen LogP contribution in [0.3, 0.4) is 0 Å². The molecule has 3 aromatic carbocycles. The molecule has 202 valence electrons. The highest BCUT2D eigenvalue weighted by atomic mass is 19.1. The van der Waals surface area contributed by atoms with Gasteiger partial charge in [0.25, 0.3) is 0 Å². The lowest BCUT2D eigenvalue weighted by Crippen LogP contribution is -2.35. The van der Waals surface area contributed by atoms with Crippen molar-refractivity contribution in [1.82, 2.24) is 19.6 Å². The lowest BCUT2D eigenvalue weighted by molar-refractivity contribution is -0.133. The van der Waals surface area contributed by atoms with Crippen LogP contribution in [0.25, 0.3) is 5.69 Å². The summed E-state index contributed by atoms with van der Waals surface area (Å²) in [6, 6.07) is 23.2. The summed E-state index contributed by atoms with van der Waals surface area (Å²) < 4.78 is 30.4. The maximum absolute atomic E-state index is 14.4. The molecular weight excluding hydrogens is 494 g/mol. The van der Waals surface area contributed by atoms with E-state index in [-0.39, 0.29) is 23.5 Å². The highest BCUT2D eigenvalue weighted by Crippen LogP contribution is 2.29. The molecule has 0 fully saturated rings. The first-order chi connectivity index (χ1) is 19.0. The van der Waals surface area contributed by atoms with Gasteiger partial charge in [-0.25, -0.2) is 13.5 Å². The molecule has 5 nitrogen and oxygen atoms in total. The van der Waals surface area contributed by atoms with Crippen molar-refractivity contribution in [2.24, 2.45) is 0 Å². The zero-order valence-electron chi connectivity index (χ0n) is 22.5. The van der Waals surface area contributed by atoms with Crippen LogP contribution in [0.15, 0.2) is 78.9 Å². The third-order valence-corrected chi connectivity index (χ3v) is 7.57. The highest BCUT2D eigenvalue weighted by Gasteiger charge is 2.29. The molecule has 5 rings (SSSR count). The van der Waals surface area contributed by atoms with E-state index in [4.69, 9.17) is 5.10 Å². The minimum Gasteiger partial charge on any atom is -0.336 e. The van der Waals surface area contributed by atoms with Crippen molar-refractivity contribution in [3.63, 3.8) is 0 Å². The van der Waals surface area contributed by atoms with Crippen LogP contribution in [0.4, 0.5) is 8.78 Å². The smallest absolute Gasteiger partial charge is 0.230 e. The maximum atomic E-state index is 14.4. The second kappa shape index (κ2) is 11.9. The summed E-state index contributed by atoms with van der Waals surface area (Å²) >= 11 is 0. The van der Waals surface area contributed by atoms with Crippen LogP contribution in [0.2, 0.25) is 0 Å². The number of carbonyl (C=O) groups is 1. The summed E-state index contributed by atoms with van der Waals surface area (Å²) in [4.78, 5) is 17.8. The predicted molar refractivity (Wildman–Crippen MR) is 148 cm³/mol. The fraction of sp³-hybridized carbons (Fsp3) is 0.312. The monoisotopic (exact) mass is 528 g/mol. The van der Waals surface area contributed by atoms with Crippen LogP contribution in [0.1, 0.15) is 54.3 Å². The number of amides is 1. The molecule has 7 heteroatoms. The average molecular weight is 529 g/mol. The van der Waals surface area contributed by atoms with E-state index in [1.54, 1.807) is 12.1 Å². The van der Waals surface area contributed by atoms with E-state index in [2.05, 4.69) is 4.90 Å². The normalized spacial score (nSPS) is 14.2. The van der Waals surface area contributed by atoms with Gasteiger partial charge in [0.15, 0.2) is 0 Å². The Labute approximate surface area is 228 Å². The molecule has 0 radical (unpaired) electrons. The molecule has 1 unspecified atom stereocenters. The van der Waals surface area contributed by atoms with Crippen LogP contribution < -0.4 is 0 Å². The molecule has 1 atom stereocenters. The topological polar surface area (TPSA) is 41.4 Å². The van der Waals surface area contributed by atoms with Crippen LogP contribution in [0.5, 0.6) is 0 Å². The Hall–Kier alpha value is -3.84. The Kier molecular flexibility index (Phi) is 8.17. The maximum Gasteiger partial charge on any atom is 0.230 e. The molecule has 1 amide bonds. The van der Waals surface area contributed by atoms with Gasteiger partial charge >= 0.3 is 0 Å². The van der Waals surface area contributed by atoms with Gasteiger partial charge in [0.2, 0.25) is 5.91 Å². The van der Waals surface area contributed by atoms with E-state index in [0.29, 0.717) is 50.3 Å². The summed E-state index contributed by atoms with van der Waals surface area (Å²) in [7, 11) is 0. The summed E-state index contributed by atoms with van der Waals surface area (Å²) in [5.41, 5.74) is 5.15. The Balaban J connectivity index is 1.47. The Morgan fingerprint density at radius 1 is 1.00 bits per heavy atom. The quantitative estimate of drug-likeness (QED) is 0.258. The van der Waals surface area contributed by atoms with Gasteiger partial charge in [-0.1, -0.05) is 61.5 Å². The van der Waals surface area contributed by atoms with Crippen LogP contribution in [-0.2, 0) is 30.8 Å². The molecule has 0 spiro atoms. The number of halogens is 2. The number of nitrogens with zero attached hydrogens (tertiary/aromatic N) is 4. The average Bonchev–Trinajstić information content (AvgIpc) is 3.31. The fourth-order valence-corrected chi connectivity index (χ4v) is 5.48. The van der Waals surface area contributed by atoms with Gasteiger partial charge in [-0.3, -0.25) is 9.69 Å².